The van der Waals surface area contributed by atoms with Gasteiger partial charge in [-0.25, -0.2) is 0 Å². The SMILES string of the molecule is OC1=C(Cc2ccccc2O)CC(c2ccccc2)(c2ccccc2)C=C1. The summed E-state index contributed by atoms with van der Waals surface area (Å²) in [6.07, 6.45) is 5.09. The fraction of sp³-hybridized carbons (Fsp3) is 0.120. The fourth-order valence-corrected chi connectivity index (χ4v) is 3.90. The molecule has 2 heteroatoms. The second kappa shape index (κ2) is 7.16. The molecule has 0 atom stereocenters. The topological polar surface area (TPSA) is 40.5 Å². The van der Waals surface area contributed by atoms with Crippen LogP contribution in [0.15, 0.2) is 108 Å². The lowest BCUT2D eigenvalue weighted by Gasteiger charge is -2.36. The Bertz CT molecular complexity index is 946. The minimum Gasteiger partial charge on any atom is -0.508 e. The van der Waals surface area contributed by atoms with Gasteiger partial charge < -0.3 is 10.2 Å². The lowest BCUT2D eigenvalue weighted by molar-refractivity contribution is 0.406. The first-order valence-electron chi connectivity index (χ1n) is 9.17. The van der Waals surface area contributed by atoms with Crippen LogP contribution in [0.3, 0.4) is 0 Å². The maximum absolute atomic E-state index is 10.6. The van der Waals surface area contributed by atoms with Crippen LogP contribution in [0, 0.1) is 0 Å². The quantitative estimate of drug-likeness (QED) is 0.631. The van der Waals surface area contributed by atoms with Gasteiger partial charge in [0.15, 0.2) is 0 Å². The van der Waals surface area contributed by atoms with E-state index in [1.54, 1.807) is 12.1 Å². The van der Waals surface area contributed by atoms with E-state index in [-0.39, 0.29) is 11.2 Å². The van der Waals surface area contributed by atoms with E-state index < -0.39 is 0 Å². The summed E-state index contributed by atoms with van der Waals surface area (Å²) < 4.78 is 0. The highest BCUT2D eigenvalue weighted by molar-refractivity contribution is 5.51. The summed E-state index contributed by atoms with van der Waals surface area (Å²) in [5.74, 6) is 0.554. The molecule has 0 aromatic heterocycles. The van der Waals surface area contributed by atoms with Crippen LogP contribution in [-0.2, 0) is 11.8 Å². The number of hydrogen-bond donors (Lipinski definition) is 2. The molecule has 0 fully saturated rings. The van der Waals surface area contributed by atoms with Crippen LogP contribution in [0.2, 0.25) is 0 Å². The molecule has 1 aliphatic rings. The van der Waals surface area contributed by atoms with Gasteiger partial charge in [-0.1, -0.05) is 84.9 Å². The molecule has 3 aromatic carbocycles. The van der Waals surface area contributed by atoms with E-state index in [0.29, 0.717) is 18.6 Å². The molecule has 0 amide bonds. The maximum atomic E-state index is 10.6. The smallest absolute Gasteiger partial charge is 0.119 e. The predicted molar refractivity (Wildman–Crippen MR) is 109 cm³/mol. The van der Waals surface area contributed by atoms with E-state index in [1.807, 2.05) is 30.3 Å². The lowest BCUT2D eigenvalue weighted by Crippen LogP contribution is -2.29. The van der Waals surface area contributed by atoms with Gasteiger partial charge in [-0.05, 0) is 40.8 Å². The zero-order valence-electron chi connectivity index (χ0n) is 15.0. The van der Waals surface area contributed by atoms with Crippen LogP contribution in [0.1, 0.15) is 23.1 Å². The Morgan fingerprint density at radius 3 is 1.85 bits per heavy atom. The monoisotopic (exact) mass is 354 g/mol. The minimum absolute atomic E-state index is 0.261. The third-order valence-electron chi connectivity index (χ3n) is 5.35. The molecule has 4 rings (SSSR count). The highest BCUT2D eigenvalue weighted by Crippen LogP contribution is 2.43. The zero-order chi connectivity index (χ0) is 18.7. The van der Waals surface area contributed by atoms with Gasteiger partial charge in [0.1, 0.15) is 11.5 Å². The summed E-state index contributed by atoms with van der Waals surface area (Å²) in [6.45, 7) is 0. The number of hydrogen-bond acceptors (Lipinski definition) is 2. The average Bonchev–Trinajstić information content (AvgIpc) is 2.73. The summed E-state index contributed by atoms with van der Waals surface area (Å²) >= 11 is 0. The van der Waals surface area contributed by atoms with E-state index >= 15 is 0 Å². The largest absolute Gasteiger partial charge is 0.508 e. The van der Waals surface area contributed by atoms with Crippen molar-refractivity contribution in [1.29, 1.82) is 0 Å². The number of allylic oxidation sites excluding steroid dienone is 3. The highest BCUT2D eigenvalue weighted by Gasteiger charge is 2.35. The van der Waals surface area contributed by atoms with E-state index in [4.69, 9.17) is 0 Å². The van der Waals surface area contributed by atoms with E-state index in [1.165, 1.54) is 11.1 Å². The number of phenols is 1. The predicted octanol–water partition coefficient (Wildman–Crippen LogP) is 5.69. The third kappa shape index (κ3) is 3.26. The van der Waals surface area contributed by atoms with Crippen molar-refractivity contribution >= 4 is 0 Å². The average molecular weight is 354 g/mol. The highest BCUT2D eigenvalue weighted by atomic mass is 16.3. The van der Waals surface area contributed by atoms with Crippen LogP contribution in [0.25, 0.3) is 0 Å². The second-order valence-corrected chi connectivity index (χ2v) is 7.01. The van der Waals surface area contributed by atoms with Crippen molar-refractivity contribution in [3.63, 3.8) is 0 Å². The normalized spacial score (nSPS) is 15.7. The molecule has 0 unspecified atom stereocenters. The Labute approximate surface area is 159 Å². The van der Waals surface area contributed by atoms with Crippen molar-refractivity contribution in [3.05, 3.63) is 125 Å². The Hall–Kier alpha value is -3.26. The van der Waals surface area contributed by atoms with Crippen molar-refractivity contribution < 1.29 is 10.2 Å². The molecule has 0 saturated heterocycles. The Kier molecular flexibility index (Phi) is 4.55. The van der Waals surface area contributed by atoms with Gasteiger partial charge in [0, 0.05) is 11.8 Å². The molecule has 2 N–H and O–H groups in total. The molecule has 0 bridgehead atoms. The van der Waals surface area contributed by atoms with Crippen molar-refractivity contribution in [1.82, 2.24) is 0 Å². The number of benzene rings is 3. The van der Waals surface area contributed by atoms with Crippen molar-refractivity contribution in [2.45, 2.75) is 18.3 Å². The van der Waals surface area contributed by atoms with Gasteiger partial charge in [0.05, 0.1) is 0 Å². The summed E-state index contributed by atoms with van der Waals surface area (Å²) in [7, 11) is 0. The van der Waals surface area contributed by atoms with Crippen molar-refractivity contribution in [2.75, 3.05) is 0 Å². The molecule has 3 aromatic rings. The summed E-state index contributed by atoms with van der Waals surface area (Å²) in [6, 6.07) is 28.1. The molecule has 0 radical (unpaired) electrons. The number of aliphatic hydroxyl groups excluding tert-OH is 1. The van der Waals surface area contributed by atoms with Crippen LogP contribution in [-0.4, -0.2) is 10.2 Å². The molecule has 1 aliphatic carbocycles. The first kappa shape index (κ1) is 17.2. The Morgan fingerprint density at radius 1 is 0.704 bits per heavy atom. The molecular formula is C25H22O2. The number of phenolic OH excluding ortho intramolecular Hbond substituents is 1. The zero-order valence-corrected chi connectivity index (χ0v) is 15.0. The lowest BCUT2D eigenvalue weighted by atomic mass is 9.67. The Balaban J connectivity index is 1.79. The number of para-hydroxylation sites is 1. The fourth-order valence-electron chi connectivity index (χ4n) is 3.90. The molecule has 134 valence electrons. The van der Waals surface area contributed by atoms with Crippen LogP contribution < -0.4 is 0 Å². The van der Waals surface area contributed by atoms with E-state index in [2.05, 4.69) is 54.6 Å². The molecular weight excluding hydrogens is 332 g/mol. The van der Waals surface area contributed by atoms with Gasteiger partial charge in [0.25, 0.3) is 0 Å². The van der Waals surface area contributed by atoms with Gasteiger partial charge >= 0.3 is 0 Å². The third-order valence-corrected chi connectivity index (χ3v) is 5.35. The van der Waals surface area contributed by atoms with Crippen LogP contribution >= 0.6 is 0 Å². The standard InChI is InChI=1S/C25H22O2/c26-23-14-8-7-9-19(23)17-20-18-25(16-15-24(20)27,21-10-3-1-4-11-21)22-12-5-2-6-13-22/h1-16,26-27H,17-18H2. The van der Waals surface area contributed by atoms with Crippen LogP contribution in [0.5, 0.6) is 5.75 Å². The van der Waals surface area contributed by atoms with Crippen molar-refractivity contribution in [3.8, 4) is 5.75 Å². The van der Waals surface area contributed by atoms with Gasteiger partial charge in [-0.2, -0.15) is 0 Å². The Morgan fingerprint density at radius 2 is 1.26 bits per heavy atom. The number of rotatable bonds is 4. The second-order valence-electron chi connectivity index (χ2n) is 7.01. The summed E-state index contributed by atoms with van der Waals surface area (Å²) in [5.41, 5.74) is 3.79. The van der Waals surface area contributed by atoms with Crippen molar-refractivity contribution in [2.24, 2.45) is 0 Å². The van der Waals surface area contributed by atoms with Gasteiger partial charge in [0.2, 0.25) is 0 Å². The first-order valence-corrected chi connectivity index (χ1v) is 9.17. The van der Waals surface area contributed by atoms with E-state index in [0.717, 1.165) is 11.1 Å². The molecule has 2 nitrogen and oxygen atoms in total. The number of aliphatic hydroxyl groups is 1. The van der Waals surface area contributed by atoms with Gasteiger partial charge in [-0.15, -0.1) is 0 Å². The van der Waals surface area contributed by atoms with E-state index in [9.17, 15) is 10.2 Å². The molecule has 27 heavy (non-hydrogen) atoms. The molecule has 0 aliphatic heterocycles. The summed E-state index contributed by atoms with van der Waals surface area (Å²) in [4.78, 5) is 0. The molecule has 0 saturated carbocycles. The first-order chi connectivity index (χ1) is 13.2. The van der Waals surface area contributed by atoms with Gasteiger partial charge in [-0.3, -0.25) is 0 Å². The minimum atomic E-state index is -0.339. The van der Waals surface area contributed by atoms with Crippen LogP contribution in [0.4, 0.5) is 0 Å². The number of aromatic hydroxyl groups is 1. The maximum Gasteiger partial charge on any atom is 0.119 e. The molecule has 0 spiro atoms. The molecule has 0 heterocycles. The summed E-state index contributed by atoms with van der Waals surface area (Å²) in [5, 5.41) is 20.7.